The van der Waals surface area contributed by atoms with Crippen LogP contribution in [-0.2, 0) is 29.0 Å². The standard InChI is InChI=1S/C17H25NO6S/c1-17(5-6-25(22,23)10-17)18-14(19)9-24-16(21)13-7-11-3-2-4-12(8-13)15(11)20/h11-13H,2-10H2,1H3,(H,18,19)/t11-,12-,17+/m0/s1. The number of hydrogen-bond donors (Lipinski definition) is 1. The highest BCUT2D eigenvalue weighted by Gasteiger charge is 2.42. The van der Waals surface area contributed by atoms with Gasteiger partial charge in [0.25, 0.3) is 5.91 Å². The minimum atomic E-state index is -3.12. The van der Waals surface area contributed by atoms with Crippen LogP contribution in [0.4, 0.5) is 0 Å². The molecule has 0 unspecified atom stereocenters. The lowest BCUT2D eigenvalue weighted by Crippen LogP contribution is -2.48. The summed E-state index contributed by atoms with van der Waals surface area (Å²) in [5.41, 5.74) is -0.795. The molecule has 7 nitrogen and oxygen atoms in total. The SMILES string of the molecule is C[C@@]1(NC(=O)COC(=O)C2C[C@@H]3CCC[C@@H](C2)C3=O)CCS(=O)(=O)C1. The Morgan fingerprint density at radius 3 is 2.44 bits per heavy atom. The van der Waals surface area contributed by atoms with E-state index in [1.807, 2.05) is 0 Å². The molecule has 2 saturated carbocycles. The number of hydrogen-bond acceptors (Lipinski definition) is 6. The summed E-state index contributed by atoms with van der Waals surface area (Å²) in [7, 11) is -3.12. The maximum absolute atomic E-state index is 12.3. The molecule has 140 valence electrons. The number of ether oxygens (including phenoxy) is 1. The summed E-state index contributed by atoms with van der Waals surface area (Å²) in [5, 5.41) is 2.67. The zero-order chi connectivity index (χ0) is 18.2. The fourth-order valence-corrected chi connectivity index (χ4v) is 6.50. The van der Waals surface area contributed by atoms with E-state index in [-0.39, 0.29) is 35.0 Å². The van der Waals surface area contributed by atoms with Crippen molar-refractivity contribution in [2.45, 2.75) is 51.0 Å². The largest absolute Gasteiger partial charge is 0.455 e. The van der Waals surface area contributed by atoms with E-state index in [1.165, 1.54) is 0 Å². The van der Waals surface area contributed by atoms with E-state index in [4.69, 9.17) is 4.74 Å². The van der Waals surface area contributed by atoms with Crippen LogP contribution >= 0.6 is 0 Å². The maximum Gasteiger partial charge on any atom is 0.309 e. The van der Waals surface area contributed by atoms with Crippen LogP contribution in [0.5, 0.6) is 0 Å². The van der Waals surface area contributed by atoms with Crippen molar-refractivity contribution < 1.29 is 27.5 Å². The van der Waals surface area contributed by atoms with Crippen molar-refractivity contribution in [1.82, 2.24) is 5.32 Å². The monoisotopic (exact) mass is 371 g/mol. The number of carbonyl (C=O) groups excluding carboxylic acids is 3. The second-order valence-electron chi connectivity index (χ2n) is 7.95. The highest BCUT2D eigenvalue weighted by molar-refractivity contribution is 7.91. The lowest BCUT2D eigenvalue weighted by molar-refractivity contribution is -0.157. The summed E-state index contributed by atoms with van der Waals surface area (Å²) in [6.07, 6.45) is 4.12. The molecule has 1 aliphatic heterocycles. The Morgan fingerprint density at radius 1 is 1.24 bits per heavy atom. The maximum atomic E-state index is 12.3. The van der Waals surface area contributed by atoms with Crippen LogP contribution in [0.3, 0.4) is 0 Å². The summed E-state index contributed by atoms with van der Waals surface area (Å²) in [4.78, 5) is 36.3. The first-order chi connectivity index (χ1) is 11.7. The van der Waals surface area contributed by atoms with Crippen LogP contribution in [-0.4, -0.2) is 49.7 Å². The zero-order valence-electron chi connectivity index (χ0n) is 14.5. The number of Topliss-reactive ketones (excluding diaryl/α,β-unsaturated/α-hetero) is 1. The first kappa shape index (κ1) is 18.4. The molecule has 1 heterocycles. The van der Waals surface area contributed by atoms with Gasteiger partial charge in [0, 0.05) is 11.8 Å². The van der Waals surface area contributed by atoms with Crippen LogP contribution in [0.15, 0.2) is 0 Å². The third-order valence-electron chi connectivity index (χ3n) is 5.67. The molecule has 3 fully saturated rings. The Labute approximate surface area is 147 Å². The lowest BCUT2D eigenvalue weighted by Gasteiger charge is -2.36. The normalized spacial score (nSPS) is 36.7. The average molecular weight is 371 g/mol. The molecule has 2 bridgehead atoms. The van der Waals surface area contributed by atoms with Crippen LogP contribution in [0.1, 0.15) is 45.4 Å². The minimum Gasteiger partial charge on any atom is -0.455 e. The number of rotatable bonds is 4. The molecular weight excluding hydrogens is 346 g/mol. The Balaban J connectivity index is 1.48. The van der Waals surface area contributed by atoms with Gasteiger partial charge in [-0.05, 0) is 39.0 Å². The van der Waals surface area contributed by atoms with Crippen molar-refractivity contribution in [3.05, 3.63) is 0 Å². The smallest absolute Gasteiger partial charge is 0.309 e. The van der Waals surface area contributed by atoms with Gasteiger partial charge in [-0.1, -0.05) is 6.42 Å². The van der Waals surface area contributed by atoms with Crippen LogP contribution in [0.25, 0.3) is 0 Å². The predicted molar refractivity (Wildman–Crippen MR) is 89.3 cm³/mol. The summed E-state index contributed by atoms with van der Waals surface area (Å²) < 4.78 is 28.3. The van der Waals surface area contributed by atoms with Crippen molar-refractivity contribution in [2.75, 3.05) is 18.1 Å². The Morgan fingerprint density at radius 2 is 1.88 bits per heavy atom. The van der Waals surface area contributed by atoms with E-state index >= 15 is 0 Å². The molecule has 0 aromatic rings. The average Bonchev–Trinajstić information content (AvgIpc) is 2.77. The van der Waals surface area contributed by atoms with Gasteiger partial charge >= 0.3 is 5.97 Å². The number of ketones is 1. The van der Waals surface area contributed by atoms with Gasteiger partial charge in [-0.2, -0.15) is 0 Å². The van der Waals surface area contributed by atoms with Gasteiger partial charge in [0.2, 0.25) is 0 Å². The van der Waals surface area contributed by atoms with Crippen LogP contribution < -0.4 is 5.32 Å². The highest BCUT2D eigenvalue weighted by atomic mass is 32.2. The second-order valence-corrected chi connectivity index (χ2v) is 10.1. The molecule has 0 spiro atoms. The molecule has 1 amide bonds. The number of carbonyl (C=O) groups is 3. The van der Waals surface area contributed by atoms with E-state index in [0.29, 0.717) is 19.3 Å². The van der Waals surface area contributed by atoms with Crippen molar-refractivity contribution >= 4 is 27.5 Å². The summed E-state index contributed by atoms with van der Waals surface area (Å²) in [6, 6.07) is 0. The highest BCUT2D eigenvalue weighted by Crippen LogP contribution is 2.40. The topological polar surface area (TPSA) is 107 Å². The fourth-order valence-electron chi connectivity index (χ4n) is 4.41. The Bertz CT molecular complexity index is 671. The number of esters is 1. The van der Waals surface area contributed by atoms with Gasteiger partial charge < -0.3 is 10.1 Å². The number of sulfone groups is 1. The zero-order valence-corrected chi connectivity index (χ0v) is 15.3. The van der Waals surface area contributed by atoms with E-state index in [1.54, 1.807) is 6.92 Å². The minimum absolute atomic E-state index is 0.0403. The molecule has 25 heavy (non-hydrogen) atoms. The number of amides is 1. The van der Waals surface area contributed by atoms with Gasteiger partial charge in [-0.3, -0.25) is 14.4 Å². The lowest BCUT2D eigenvalue weighted by atomic mass is 9.67. The van der Waals surface area contributed by atoms with Crippen molar-refractivity contribution in [3.8, 4) is 0 Å². The van der Waals surface area contributed by atoms with Gasteiger partial charge in [-0.15, -0.1) is 0 Å². The summed E-state index contributed by atoms with van der Waals surface area (Å²) in [6.45, 7) is 1.28. The van der Waals surface area contributed by atoms with Crippen molar-refractivity contribution in [3.63, 3.8) is 0 Å². The van der Waals surface area contributed by atoms with Gasteiger partial charge in [0.1, 0.15) is 5.78 Å². The van der Waals surface area contributed by atoms with Gasteiger partial charge in [-0.25, -0.2) is 8.42 Å². The Hall–Kier alpha value is -1.44. The predicted octanol–water partition coefficient (Wildman–Crippen LogP) is 0.618. The van der Waals surface area contributed by atoms with E-state index in [2.05, 4.69) is 5.32 Å². The molecule has 0 radical (unpaired) electrons. The van der Waals surface area contributed by atoms with E-state index in [9.17, 15) is 22.8 Å². The molecule has 1 saturated heterocycles. The summed E-state index contributed by atoms with van der Waals surface area (Å²) >= 11 is 0. The van der Waals surface area contributed by atoms with E-state index in [0.717, 1.165) is 19.3 Å². The quantitative estimate of drug-likeness (QED) is 0.726. The van der Waals surface area contributed by atoms with Crippen molar-refractivity contribution in [2.24, 2.45) is 17.8 Å². The molecule has 3 rings (SSSR count). The molecule has 2 aliphatic carbocycles. The third-order valence-corrected chi connectivity index (χ3v) is 7.57. The molecule has 3 atom stereocenters. The van der Waals surface area contributed by atoms with Gasteiger partial charge in [0.15, 0.2) is 16.4 Å². The Kier molecular flexibility index (Phi) is 4.92. The number of nitrogens with one attached hydrogen (secondary N) is 1. The molecule has 0 aromatic carbocycles. The summed E-state index contributed by atoms with van der Waals surface area (Å²) in [5.74, 6) is -1.06. The van der Waals surface area contributed by atoms with Gasteiger partial charge in [0.05, 0.1) is 23.0 Å². The third kappa shape index (κ3) is 4.22. The van der Waals surface area contributed by atoms with Crippen molar-refractivity contribution in [1.29, 1.82) is 0 Å². The second kappa shape index (κ2) is 6.70. The van der Waals surface area contributed by atoms with E-state index < -0.39 is 33.9 Å². The first-order valence-electron chi connectivity index (χ1n) is 8.89. The van der Waals surface area contributed by atoms with Crippen LogP contribution in [0.2, 0.25) is 0 Å². The number of fused-ring (bicyclic) bond motifs is 2. The van der Waals surface area contributed by atoms with Crippen LogP contribution in [0, 0.1) is 17.8 Å². The fraction of sp³-hybridized carbons (Fsp3) is 0.824. The molecule has 1 N–H and O–H groups in total. The molecule has 0 aromatic heterocycles. The molecular formula is C17H25NO6S. The first-order valence-corrected chi connectivity index (χ1v) is 10.7. The molecule has 8 heteroatoms. The molecule has 3 aliphatic rings.